The number of hydrogen-bond donors (Lipinski definition) is 1. The van der Waals surface area contributed by atoms with Gasteiger partial charge in [-0.1, -0.05) is 27.7 Å². The third-order valence-electron chi connectivity index (χ3n) is 3.68. The average Bonchev–Trinajstić information content (AvgIpc) is 2.81. The number of hydrogen-bond acceptors (Lipinski definition) is 3. The molecule has 1 unspecified atom stereocenters. The number of fused-ring (bicyclic) bond motifs is 2. The summed E-state index contributed by atoms with van der Waals surface area (Å²) in [6.07, 6.45) is 2.20. The zero-order valence-electron chi connectivity index (χ0n) is 13.6. The molecule has 3 rings (SSSR count). The first-order valence-electron chi connectivity index (χ1n) is 7.91. The molecule has 1 saturated heterocycles. The van der Waals surface area contributed by atoms with Gasteiger partial charge >= 0.3 is 0 Å². The normalized spacial score (nSPS) is 24.1. The Hall–Kier alpha value is -0.805. The van der Waals surface area contributed by atoms with Crippen molar-refractivity contribution >= 4 is 13.4 Å². The van der Waals surface area contributed by atoms with Crippen LogP contribution in [0.15, 0.2) is 0 Å². The molecule has 114 valence electrons. The van der Waals surface area contributed by atoms with Crippen LogP contribution in [0.25, 0.3) is 0 Å². The zero-order valence-corrected chi connectivity index (χ0v) is 13.6. The lowest BCUT2D eigenvalue weighted by molar-refractivity contribution is -0.0937. The van der Waals surface area contributed by atoms with E-state index in [9.17, 15) is 0 Å². The van der Waals surface area contributed by atoms with Crippen LogP contribution in [0.3, 0.4) is 0 Å². The lowest BCUT2D eigenvalue weighted by Gasteiger charge is -2.41. The zero-order chi connectivity index (χ0) is 15.2. The van der Waals surface area contributed by atoms with Crippen LogP contribution in [0.1, 0.15) is 53.2 Å². The number of rotatable bonds is 0. The van der Waals surface area contributed by atoms with Crippen molar-refractivity contribution in [3.05, 3.63) is 11.3 Å². The van der Waals surface area contributed by atoms with Crippen molar-refractivity contribution in [2.24, 2.45) is 0 Å². The fourth-order valence-electron chi connectivity index (χ4n) is 2.91. The van der Waals surface area contributed by atoms with Gasteiger partial charge in [0.25, 0.3) is 0 Å². The summed E-state index contributed by atoms with van der Waals surface area (Å²) in [5, 5.41) is 7.80. The molecule has 3 heterocycles. The first kappa shape index (κ1) is 17.2. The maximum absolute atomic E-state index is 6.05. The van der Waals surface area contributed by atoms with Gasteiger partial charge in [0.15, 0.2) is 0 Å². The Morgan fingerprint density at radius 1 is 1.35 bits per heavy atom. The number of nitrogens with one attached hydrogen (secondary N) is 1. The molecule has 0 aliphatic carbocycles. The molecule has 2 aliphatic rings. The summed E-state index contributed by atoms with van der Waals surface area (Å²) in [7, 11) is 5.90. The highest BCUT2D eigenvalue weighted by Crippen LogP contribution is 2.36. The Morgan fingerprint density at radius 2 is 2.05 bits per heavy atom. The molecule has 0 saturated carbocycles. The van der Waals surface area contributed by atoms with Crippen molar-refractivity contribution in [1.82, 2.24) is 15.1 Å². The Morgan fingerprint density at radius 3 is 2.65 bits per heavy atom. The number of nitrogens with zero attached hydrogens (tertiary/aromatic N) is 2. The number of ether oxygens (including phenoxy) is 1. The maximum atomic E-state index is 6.05. The highest BCUT2D eigenvalue weighted by Gasteiger charge is 2.41. The van der Waals surface area contributed by atoms with Crippen LogP contribution in [0.2, 0.25) is 0 Å². The van der Waals surface area contributed by atoms with E-state index in [1.165, 1.54) is 5.69 Å². The smallest absolute Gasteiger partial charge is 0.144 e. The first-order valence-corrected chi connectivity index (χ1v) is 7.91. The van der Waals surface area contributed by atoms with E-state index in [0.29, 0.717) is 5.59 Å². The van der Waals surface area contributed by atoms with Crippen molar-refractivity contribution in [2.45, 2.75) is 59.6 Å². The molecular formula is C15H30BN3O. The van der Waals surface area contributed by atoms with Crippen LogP contribution in [0.4, 0.5) is 0 Å². The molecule has 2 aliphatic heterocycles. The molecule has 0 bridgehead atoms. The summed E-state index contributed by atoms with van der Waals surface area (Å²) in [5.41, 5.74) is 2.72. The van der Waals surface area contributed by atoms with Gasteiger partial charge in [-0.2, -0.15) is 5.10 Å². The van der Waals surface area contributed by atoms with E-state index in [4.69, 9.17) is 12.6 Å². The predicted octanol–water partition coefficient (Wildman–Crippen LogP) is 1.89. The van der Waals surface area contributed by atoms with Gasteiger partial charge < -0.3 is 10.1 Å². The Bertz CT molecular complexity index is 417. The van der Waals surface area contributed by atoms with E-state index < -0.39 is 0 Å². The quantitative estimate of drug-likeness (QED) is 0.737. The van der Waals surface area contributed by atoms with Crippen LogP contribution >= 0.6 is 0 Å². The second-order valence-corrected chi connectivity index (χ2v) is 4.71. The van der Waals surface area contributed by atoms with Crippen LogP contribution < -0.4 is 10.9 Å². The van der Waals surface area contributed by atoms with Gasteiger partial charge in [-0.3, -0.25) is 4.68 Å². The van der Waals surface area contributed by atoms with Gasteiger partial charge in [0.2, 0.25) is 0 Å². The molecule has 1 atom stereocenters. The minimum Gasteiger partial charge on any atom is -0.365 e. The molecular weight excluding hydrogens is 249 g/mol. The molecule has 0 aromatic carbocycles. The second-order valence-electron chi connectivity index (χ2n) is 4.71. The van der Waals surface area contributed by atoms with Gasteiger partial charge in [-0.25, -0.2) is 0 Å². The lowest BCUT2D eigenvalue weighted by atomic mass is 9.85. The fraction of sp³-hybridized carbons (Fsp3) is 0.800. The van der Waals surface area contributed by atoms with Crippen molar-refractivity contribution < 1.29 is 6.16 Å². The summed E-state index contributed by atoms with van der Waals surface area (Å²) in [6, 6.07) is 0. The molecule has 1 spiro atoms. The fourth-order valence-corrected chi connectivity index (χ4v) is 2.91. The average molecular weight is 279 g/mol. The van der Waals surface area contributed by atoms with E-state index in [1.807, 2.05) is 39.3 Å². The third kappa shape index (κ3) is 3.09. The van der Waals surface area contributed by atoms with Gasteiger partial charge in [0.1, 0.15) is 13.4 Å². The molecule has 0 amide bonds. The molecule has 4 nitrogen and oxygen atoms in total. The van der Waals surface area contributed by atoms with Crippen LogP contribution in [0, 0.1) is 6.92 Å². The summed E-state index contributed by atoms with van der Waals surface area (Å²) >= 11 is 0. The minimum atomic E-state index is -0.189. The second kappa shape index (κ2) is 7.84. The lowest BCUT2D eigenvalue weighted by Crippen LogP contribution is -2.49. The standard InChI is InChI=1S/C11H16BN3O.2C2H6.H2/c1-8-9-11(3-2-4-13-7-11)16-6-5-15(9)14-10(8)12;2*1-2;/h13H,2-7H2,1H3;2*1-2H3;1H. The highest BCUT2D eigenvalue weighted by molar-refractivity contribution is 6.31. The molecule has 5 heteroatoms. The van der Waals surface area contributed by atoms with Gasteiger partial charge in [-0.15, -0.1) is 0 Å². The Kier molecular flexibility index (Phi) is 6.76. The maximum Gasteiger partial charge on any atom is 0.144 e. The minimum absolute atomic E-state index is 0. The largest absolute Gasteiger partial charge is 0.365 e. The van der Waals surface area contributed by atoms with Crippen LogP contribution in [-0.2, 0) is 16.9 Å². The molecule has 1 fully saturated rings. The number of piperidine rings is 1. The summed E-state index contributed by atoms with van der Waals surface area (Å²) in [6.45, 7) is 13.5. The van der Waals surface area contributed by atoms with Gasteiger partial charge in [0.05, 0.1) is 18.8 Å². The molecule has 1 aromatic heterocycles. The van der Waals surface area contributed by atoms with Gasteiger partial charge in [0, 0.05) is 13.6 Å². The SMILES string of the molecule is CC.CC.[B]c1nn2c(c1C)C1(CCCNC1)OCC2.[HH]. The Balaban J connectivity index is 0.000000741. The molecule has 2 radical (unpaired) electrons. The number of aromatic nitrogens is 2. The summed E-state index contributed by atoms with van der Waals surface area (Å²) in [4.78, 5) is 0. The van der Waals surface area contributed by atoms with Crippen LogP contribution in [-0.4, -0.2) is 37.3 Å². The van der Waals surface area contributed by atoms with Crippen LogP contribution in [0.5, 0.6) is 0 Å². The van der Waals surface area contributed by atoms with E-state index in [-0.39, 0.29) is 7.03 Å². The van der Waals surface area contributed by atoms with E-state index in [0.717, 1.165) is 44.6 Å². The summed E-state index contributed by atoms with van der Waals surface area (Å²) < 4.78 is 8.08. The van der Waals surface area contributed by atoms with Crippen molar-refractivity contribution in [3.63, 3.8) is 0 Å². The topological polar surface area (TPSA) is 39.1 Å². The van der Waals surface area contributed by atoms with E-state index >= 15 is 0 Å². The predicted molar refractivity (Wildman–Crippen MR) is 86.9 cm³/mol. The monoisotopic (exact) mass is 279 g/mol. The first-order chi connectivity index (χ1) is 9.73. The van der Waals surface area contributed by atoms with E-state index in [1.54, 1.807) is 0 Å². The summed E-state index contributed by atoms with van der Waals surface area (Å²) in [5.74, 6) is 0. The van der Waals surface area contributed by atoms with Gasteiger partial charge in [-0.05, 0) is 31.9 Å². The Labute approximate surface area is 126 Å². The van der Waals surface area contributed by atoms with Crippen molar-refractivity contribution in [3.8, 4) is 0 Å². The highest BCUT2D eigenvalue weighted by atomic mass is 16.5. The van der Waals surface area contributed by atoms with Crippen molar-refractivity contribution in [1.29, 1.82) is 0 Å². The molecule has 20 heavy (non-hydrogen) atoms. The van der Waals surface area contributed by atoms with Crippen molar-refractivity contribution in [2.75, 3.05) is 19.7 Å². The molecule has 1 N–H and O–H groups in total. The molecule has 1 aromatic rings. The van der Waals surface area contributed by atoms with E-state index in [2.05, 4.69) is 10.4 Å². The third-order valence-corrected chi connectivity index (χ3v) is 3.68.